The Balaban J connectivity index is 2.39. The second-order valence-electron chi connectivity index (χ2n) is 2.59. The maximum absolute atomic E-state index is 10.7. The van der Waals surface area contributed by atoms with Crippen LogP contribution in [0.4, 0.5) is 5.88 Å². The van der Waals surface area contributed by atoms with Gasteiger partial charge in [0.25, 0.3) is 5.56 Å². The molecule has 0 atom stereocenters. The van der Waals surface area contributed by atoms with Crippen LogP contribution in [0.3, 0.4) is 0 Å². The molecular formula is C7H13N3O3. The molecule has 0 fully saturated rings. The quantitative estimate of drug-likeness (QED) is 0.375. The zero-order chi connectivity index (χ0) is 9.68. The minimum atomic E-state index is -0.294. The van der Waals surface area contributed by atoms with Crippen molar-refractivity contribution in [2.45, 2.75) is 6.42 Å². The molecule has 0 aromatic carbocycles. The van der Waals surface area contributed by atoms with Gasteiger partial charge in [-0.25, -0.2) is 5.84 Å². The minimum Gasteiger partial charge on any atom is -0.385 e. The number of hydrazine groups is 1. The van der Waals surface area contributed by atoms with Crippen LogP contribution < -0.4 is 16.4 Å². The molecule has 0 bridgehead atoms. The van der Waals surface area contributed by atoms with Crippen LogP contribution in [0, 0.1) is 0 Å². The zero-order valence-electron chi connectivity index (χ0n) is 7.45. The number of ether oxygens (including phenoxy) is 1. The highest BCUT2D eigenvalue weighted by molar-refractivity contribution is 5.29. The fourth-order valence-electron chi connectivity index (χ4n) is 0.905. The summed E-state index contributed by atoms with van der Waals surface area (Å²) in [7, 11) is 1.62. The van der Waals surface area contributed by atoms with Crippen LogP contribution in [0.1, 0.15) is 6.42 Å². The van der Waals surface area contributed by atoms with Gasteiger partial charge in [0.1, 0.15) is 0 Å². The summed E-state index contributed by atoms with van der Waals surface area (Å²) < 4.78 is 9.63. The Morgan fingerprint density at radius 1 is 1.77 bits per heavy atom. The fraction of sp³-hybridized carbons (Fsp3) is 0.571. The molecule has 3 N–H and O–H groups in total. The number of rotatable bonds is 5. The molecule has 0 unspecified atom stereocenters. The molecule has 1 heterocycles. The second-order valence-corrected chi connectivity index (χ2v) is 2.59. The van der Waals surface area contributed by atoms with Gasteiger partial charge in [0.05, 0.1) is 6.07 Å². The SMILES string of the molecule is COCCCN(N)c1cc(=O)[nH]o1. The van der Waals surface area contributed by atoms with Gasteiger partial charge < -0.3 is 9.26 Å². The van der Waals surface area contributed by atoms with Gasteiger partial charge in [-0.2, -0.15) is 5.16 Å². The largest absolute Gasteiger partial charge is 0.385 e. The highest BCUT2D eigenvalue weighted by Gasteiger charge is 2.05. The molecule has 0 aliphatic heterocycles. The molecule has 1 aromatic rings. The summed E-state index contributed by atoms with van der Waals surface area (Å²) in [6.07, 6.45) is 0.780. The van der Waals surface area contributed by atoms with E-state index in [2.05, 4.69) is 5.16 Å². The maximum Gasteiger partial charge on any atom is 0.282 e. The van der Waals surface area contributed by atoms with Gasteiger partial charge in [-0.3, -0.25) is 9.80 Å². The number of anilines is 1. The van der Waals surface area contributed by atoms with Gasteiger partial charge in [0.2, 0.25) is 5.88 Å². The highest BCUT2D eigenvalue weighted by atomic mass is 16.5. The van der Waals surface area contributed by atoms with Gasteiger partial charge in [0.15, 0.2) is 0 Å². The molecule has 1 aromatic heterocycles. The van der Waals surface area contributed by atoms with E-state index in [0.29, 0.717) is 19.0 Å². The van der Waals surface area contributed by atoms with E-state index in [0.717, 1.165) is 6.42 Å². The zero-order valence-corrected chi connectivity index (χ0v) is 7.45. The molecule has 6 heteroatoms. The standard InChI is InChI=1S/C7H13N3O3/c1-12-4-2-3-10(8)7-5-6(11)9-13-7/h5H,2-4,8H2,1H3,(H,9,11). The summed E-state index contributed by atoms with van der Waals surface area (Å²) in [6.45, 7) is 1.21. The van der Waals surface area contributed by atoms with E-state index < -0.39 is 0 Å². The Morgan fingerprint density at radius 3 is 3.08 bits per heavy atom. The normalized spacial score (nSPS) is 10.3. The average molecular weight is 187 g/mol. The van der Waals surface area contributed by atoms with Crippen LogP contribution in [-0.4, -0.2) is 25.4 Å². The van der Waals surface area contributed by atoms with Crippen LogP contribution in [0.5, 0.6) is 0 Å². The van der Waals surface area contributed by atoms with Crippen LogP contribution in [-0.2, 0) is 4.74 Å². The maximum atomic E-state index is 10.7. The van der Waals surface area contributed by atoms with Crippen molar-refractivity contribution >= 4 is 5.88 Å². The molecule has 0 saturated heterocycles. The number of nitrogens with two attached hydrogens (primary N) is 1. The topological polar surface area (TPSA) is 84.5 Å². The van der Waals surface area contributed by atoms with Gasteiger partial charge in [0, 0.05) is 20.3 Å². The van der Waals surface area contributed by atoms with Crippen LogP contribution in [0.25, 0.3) is 0 Å². The molecule has 74 valence electrons. The molecule has 0 amide bonds. The number of hydrogen-bond acceptors (Lipinski definition) is 5. The summed E-state index contributed by atoms with van der Waals surface area (Å²) in [5, 5.41) is 3.51. The van der Waals surface area contributed by atoms with Gasteiger partial charge in [-0.05, 0) is 6.42 Å². The smallest absolute Gasteiger partial charge is 0.282 e. The monoisotopic (exact) mass is 187 g/mol. The number of methoxy groups -OCH3 is 1. The Bertz CT molecular complexity index is 293. The molecule has 1 rings (SSSR count). The summed E-state index contributed by atoms with van der Waals surface area (Å²) in [5.41, 5.74) is -0.294. The third-order valence-electron chi connectivity index (χ3n) is 1.54. The van der Waals surface area contributed by atoms with Gasteiger partial charge in [-0.15, -0.1) is 0 Å². The van der Waals surface area contributed by atoms with E-state index in [-0.39, 0.29) is 5.56 Å². The Morgan fingerprint density at radius 2 is 2.54 bits per heavy atom. The number of H-pyrrole nitrogens is 1. The lowest BCUT2D eigenvalue weighted by molar-refractivity contribution is 0.195. The lowest BCUT2D eigenvalue weighted by Crippen LogP contribution is -2.32. The first kappa shape index (κ1) is 9.82. The van der Waals surface area contributed by atoms with Crippen molar-refractivity contribution < 1.29 is 9.26 Å². The van der Waals surface area contributed by atoms with Crippen LogP contribution >= 0.6 is 0 Å². The summed E-state index contributed by atoms with van der Waals surface area (Å²) in [4.78, 5) is 10.7. The van der Waals surface area contributed by atoms with Crippen molar-refractivity contribution in [3.8, 4) is 0 Å². The predicted molar refractivity (Wildman–Crippen MR) is 47.4 cm³/mol. The van der Waals surface area contributed by atoms with E-state index in [4.69, 9.17) is 15.1 Å². The number of nitrogens with zero attached hydrogens (tertiary/aromatic N) is 1. The number of hydrogen-bond donors (Lipinski definition) is 2. The van der Waals surface area contributed by atoms with Crippen LogP contribution in [0.2, 0.25) is 0 Å². The number of aromatic nitrogens is 1. The van der Waals surface area contributed by atoms with E-state index in [1.807, 2.05) is 0 Å². The first-order valence-corrected chi connectivity index (χ1v) is 3.93. The highest BCUT2D eigenvalue weighted by Crippen LogP contribution is 2.05. The minimum absolute atomic E-state index is 0.294. The molecule has 0 radical (unpaired) electrons. The van der Waals surface area contributed by atoms with E-state index >= 15 is 0 Å². The summed E-state index contributed by atoms with van der Waals surface area (Å²) in [5.74, 6) is 5.91. The Labute approximate surface area is 75.2 Å². The van der Waals surface area contributed by atoms with Crippen molar-refractivity contribution in [3.05, 3.63) is 16.4 Å². The summed E-state index contributed by atoms with van der Waals surface area (Å²) in [6, 6.07) is 1.30. The molecule has 0 saturated carbocycles. The fourth-order valence-corrected chi connectivity index (χ4v) is 0.905. The van der Waals surface area contributed by atoms with E-state index in [1.165, 1.54) is 11.1 Å². The molecule has 13 heavy (non-hydrogen) atoms. The number of aromatic amines is 1. The first-order valence-electron chi connectivity index (χ1n) is 3.93. The van der Waals surface area contributed by atoms with Crippen molar-refractivity contribution in [3.63, 3.8) is 0 Å². The molecule has 0 spiro atoms. The Kier molecular flexibility index (Phi) is 3.53. The van der Waals surface area contributed by atoms with Crippen molar-refractivity contribution in [1.82, 2.24) is 5.16 Å². The molecule has 6 nitrogen and oxygen atoms in total. The molecule has 0 aliphatic rings. The van der Waals surface area contributed by atoms with Crippen LogP contribution in [0.15, 0.2) is 15.4 Å². The predicted octanol–water partition coefficient (Wildman–Crippen LogP) is -0.316. The third kappa shape index (κ3) is 2.92. The van der Waals surface area contributed by atoms with Gasteiger partial charge >= 0.3 is 0 Å². The summed E-state index contributed by atoms with van der Waals surface area (Å²) >= 11 is 0. The lowest BCUT2D eigenvalue weighted by atomic mass is 10.4. The lowest BCUT2D eigenvalue weighted by Gasteiger charge is -2.13. The van der Waals surface area contributed by atoms with Crippen molar-refractivity contribution in [1.29, 1.82) is 0 Å². The Hall–Kier alpha value is -1.27. The number of nitrogens with one attached hydrogen (secondary N) is 1. The van der Waals surface area contributed by atoms with Crippen molar-refractivity contribution in [2.24, 2.45) is 5.84 Å². The van der Waals surface area contributed by atoms with Crippen molar-refractivity contribution in [2.75, 3.05) is 25.3 Å². The first-order chi connectivity index (χ1) is 6.24. The van der Waals surface area contributed by atoms with Gasteiger partial charge in [-0.1, -0.05) is 0 Å². The molecular weight excluding hydrogens is 174 g/mol. The van der Waals surface area contributed by atoms with E-state index in [9.17, 15) is 4.79 Å². The third-order valence-corrected chi connectivity index (χ3v) is 1.54. The second kappa shape index (κ2) is 4.68. The molecule has 0 aliphatic carbocycles. The average Bonchev–Trinajstić information content (AvgIpc) is 2.52. The van der Waals surface area contributed by atoms with E-state index in [1.54, 1.807) is 7.11 Å².